The molecule has 0 aromatic carbocycles. The molecule has 2 aromatic rings. The molecule has 90 valence electrons. The molecule has 0 N–H and O–H groups in total. The van der Waals surface area contributed by atoms with E-state index in [-0.39, 0.29) is 0 Å². The minimum absolute atomic E-state index is 0.826. The molecule has 17 heavy (non-hydrogen) atoms. The van der Waals surface area contributed by atoms with E-state index in [4.69, 9.17) is 4.74 Å². The summed E-state index contributed by atoms with van der Waals surface area (Å²) in [5, 5.41) is 0. The Morgan fingerprint density at radius 1 is 1.29 bits per heavy atom. The maximum atomic E-state index is 5.35. The Hall–Kier alpha value is -0.910. The molecule has 0 atom stereocenters. The minimum Gasteiger partial charge on any atom is -0.379 e. The number of aromatic nitrogens is 2. The first-order valence-corrected chi connectivity index (χ1v) is 6.55. The molecule has 0 amide bonds. The predicted octanol–water partition coefficient (Wildman–Crippen LogP) is 1.93. The monoisotopic (exact) mass is 295 g/mol. The highest BCUT2D eigenvalue weighted by Crippen LogP contribution is 2.19. The third kappa shape index (κ3) is 2.22. The summed E-state index contributed by atoms with van der Waals surface area (Å²) in [7, 11) is 0. The first-order chi connectivity index (χ1) is 8.34. The van der Waals surface area contributed by atoms with Crippen LogP contribution in [0.2, 0.25) is 0 Å². The molecule has 1 fully saturated rings. The van der Waals surface area contributed by atoms with Gasteiger partial charge < -0.3 is 4.74 Å². The van der Waals surface area contributed by atoms with Crippen LogP contribution >= 0.6 is 15.9 Å². The lowest BCUT2D eigenvalue weighted by Crippen LogP contribution is -2.35. The molecular formula is C12H14BrN3O. The number of hydrogen-bond donors (Lipinski definition) is 0. The molecule has 0 unspecified atom stereocenters. The number of pyridine rings is 1. The van der Waals surface area contributed by atoms with Gasteiger partial charge in [0.15, 0.2) is 4.73 Å². The highest BCUT2D eigenvalue weighted by atomic mass is 79.9. The lowest BCUT2D eigenvalue weighted by atomic mass is 10.3. The Bertz CT molecular complexity index is 519. The SMILES string of the molecule is Brc1nc(CN2CCOCC2)c2ccccn12. The van der Waals surface area contributed by atoms with E-state index in [1.54, 1.807) is 0 Å². The maximum absolute atomic E-state index is 5.35. The van der Waals surface area contributed by atoms with Gasteiger partial charge in [0, 0.05) is 25.8 Å². The lowest BCUT2D eigenvalue weighted by Gasteiger charge is -2.25. The van der Waals surface area contributed by atoms with Crippen LogP contribution in [0.5, 0.6) is 0 Å². The van der Waals surface area contributed by atoms with Crippen LogP contribution in [0.1, 0.15) is 5.69 Å². The molecule has 2 aromatic heterocycles. The van der Waals surface area contributed by atoms with E-state index in [0.717, 1.165) is 43.3 Å². The number of imidazole rings is 1. The Kier molecular flexibility index (Phi) is 3.13. The molecule has 3 rings (SSSR count). The number of nitrogens with zero attached hydrogens (tertiary/aromatic N) is 3. The van der Waals surface area contributed by atoms with E-state index < -0.39 is 0 Å². The van der Waals surface area contributed by atoms with E-state index in [1.165, 1.54) is 5.52 Å². The number of hydrogen-bond acceptors (Lipinski definition) is 3. The number of rotatable bonds is 2. The van der Waals surface area contributed by atoms with Gasteiger partial charge in [-0.25, -0.2) is 4.98 Å². The second-order valence-electron chi connectivity index (χ2n) is 4.17. The van der Waals surface area contributed by atoms with Gasteiger partial charge in [-0.15, -0.1) is 0 Å². The van der Waals surface area contributed by atoms with Crippen LogP contribution in [0.4, 0.5) is 0 Å². The fraction of sp³-hybridized carbons (Fsp3) is 0.417. The van der Waals surface area contributed by atoms with E-state index in [9.17, 15) is 0 Å². The van der Waals surface area contributed by atoms with Crippen LogP contribution in [0.15, 0.2) is 29.1 Å². The van der Waals surface area contributed by atoms with Crippen molar-refractivity contribution in [1.29, 1.82) is 0 Å². The molecule has 0 saturated carbocycles. The van der Waals surface area contributed by atoms with Crippen LogP contribution in [0.3, 0.4) is 0 Å². The third-order valence-electron chi connectivity index (χ3n) is 3.06. The van der Waals surface area contributed by atoms with Crippen molar-refractivity contribution < 1.29 is 4.74 Å². The first kappa shape index (κ1) is 11.2. The number of ether oxygens (including phenoxy) is 1. The van der Waals surface area contributed by atoms with Crippen molar-refractivity contribution in [3.8, 4) is 0 Å². The van der Waals surface area contributed by atoms with E-state index in [0.29, 0.717) is 0 Å². The Balaban J connectivity index is 1.89. The zero-order valence-electron chi connectivity index (χ0n) is 9.47. The van der Waals surface area contributed by atoms with Gasteiger partial charge in [0.2, 0.25) is 0 Å². The van der Waals surface area contributed by atoms with E-state index in [2.05, 4.69) is 36.3 Å². The molecule has 1 aliphatic rings. The second kappa shape index (κ2) is 4.76. The summed E-state index contributed by atoms with van der Waals surface area (Å²) in [4.78, 5) is 6.96. The van der Waals surface area contributed by atoms with Crippen LogP contribution in [0, 0.1) is 0 Å². The van der Waals surface area contributed by atoms with Gasteiger partial charge in [-0.05, 0) is 28.1 Å². The average Bonchev–Trinajstić information content (AvgIpc) is 2.69. The Labute approximate surface area is 108 Å². The zero-order chi connectivity index (χ0) is 11.7. The van der Waals surface area contributed by atoms with Gasteiger partial charge in [-0.1, -0.05) is 6.07 Å². The van der Waals surface area contributed by atoms with Crippen molar-refractivity contribution in [3.63, 3.8) is 0 Å². The highest BCUT2D eigenvalue weighted by Gasteiger charge is 2.15. The lowest BCUT2D eigenvalue weighted by molar-refractivity contribution is 0.0339. The fourth-order valence-electron chi connectivity index (χ4n) is 2.15. The molecule has 1 aliphatic heterocycles. The Morgan fingerprint density at radius 2 is 2.12 bits per heavy atom. The first-order valence-electron chi connectivity index (χ1n) is 5.76. The van der Waals surface area contributed by atoms with Crippen molar-refractivity contribution in [1.82, 2.24) is 14.3 Å². The summed E-state index contributed by atoms with van der Waals surface area (Å²) < 4.78 is 8.29. The summed E-state index contributed by atoms with van der Waals surface area (Å²) >= 11 is 3.49. The van der Waals surface area contributed by atoms with Crippen molar-refractivity contribution in [3.05, 3.63) is 34.8 Å². The summed E-state index contributed by atoms with van der Waals surface area (Å²) in [6.45, 7) is 4.52. The summed E-state index contributed by atoms with van der Waals surface area (Å²) in [6.07, 6.45) is 2.02. The van der Waals surface area contributed by atoms with Crippen molar-refractivity contribution in [2.24, 2.45) is 0 Å². The standard InChI is InChI=1S/C12H14BrN3O/c13-12-14-10(9-15-5-7-17-8-6-15)11-3-1-2-4-16(11)12/h1-4H,5-9H2. The van der Waals surface area contributed by atoms with Gasteiger partial charge in [0.1, 0.15) is 0 Å². The van der Waals surface area contributed by atoms with Gasteiger partial charge in [-0.2, -0.15) is 0 Å². The predicted molar refractivity (Wildman–Crippen MR) is 69.0 cm³/mol. The van der Waals surface area contributed by atoms with Gasteiger partial charge >= 0.3 is 0 Å². The molecule has 3 heterocycles. The van der Waals surface area contributed by atoms with Crippen molar-refractivity contribution in [2.45, 2.75) is 6.54 Å². The fourth-order valence-corrected chi connectivity index (χ4v) is 2.67. The molecule has 0 bridgehead atoms. The molecule has 4 nitrogen and oxygen atoms in total. The topological polar surface area (TPSA) is 29.8 Å². The van der Waals surface area contributed by atoms with Crippen molar-refractivity contribution >= 4 is 21.4 Å². The molecule has 1 saturated heterocycles. The largest absolute Gasteiger partial charge is 0.379 e. The minimum atomic E-state index is 0.826. The smallest absolute Gasteiger partial charge is 0.182 e. The quantitative estimate of drug-likeness (QED) is 0.848. The van der Waals surface area contributed by atoms with Gasteiger partial charge in [0.25, 0.3) is 0 Å². The molecular weight excluding hydrogens is 282 g/mol. The Morgan fingerprint density at radius 3 is 2.94 bits per heavy atom. The van der Waals surface area contributed by atoms with E-state index in [1.807, 2.05) is 18.3 Å². The van der Waals surface area contributed by atoms with Gasteiger partial charge in [0.05, 0.1) is 24.4 Å². The molecule has 0 aliphatic carbocycles. The van der Waals surface area contributed by atoms with Crippen molar-refractivity contribution in [2.75, 3.05) is 26.3 Å². The van der Waals surface area contributed by atoms with Gasteiger partial charge in [-0.3, -0.25) is 9.30 Å². The average molecular weight is 296 g/mol. The summed E-state index contributed by atoms with van der Waals surface area (Å²) in [6, 6.07) is 6.16. The number of fused-ring (bicyclic) bond motifs is 1. The molecule has 0 radical (unpaired) electrons. The maximum Gasteiger partial charge on any atom is 0.182 e. The van der Waals surface area contributed by atoms with Crippen LogP contribution in [-0.2, 0) is 11.3 Å². The summed E-state index contributed by atoms with van der Waals surface area (Å²) in [5.74, 6) is 0. The summed E-state index contributed by atoms with van der Waals surface area (Å²) in [5.41, 5.74) is 2.30. The van der Waals surface area contributed by atoms with Crippen LogP contribution < -0.4 is 0 Å². The molecule has 5 heteroatoms. The number of morpholine rings is 1. The zero-order valence-corrected chi connectivity index (χ0v) is 11.1. The molecule has 0 spiro atoms. The van der Waals surface area contributed by atoms with Crippen LogP contribution in [-0.4, -0.2) is 40.6 Å². The third-order valence-corrected chi connectivity index (χ3v) is 3.62. The second-order valence-corrected chi connectivity index (χ2v) is 4.88. The highest BCUT2D eigenvalue weighted by molar-refractivity contribution is 9.10. The van der Waals surface area contributed by atoms with E-state index >= 15 is 0 Å². The van der Waals surface area contributed by atoms with Crippen LogP contribution in [0.25, 0.3) is 5.52 Å². The number of halogens is 1. The normalized spacial score (nSPS) is 17.7.